The van der Waals surface area contributed by atoms with E-state index in [0.717, 1.165) is 17.5 Å². The number of aromatic nitrogens is 1. The third kappa shape index (κ3) is 4.20. The Bertz CT molecular complexity index is 716. The van der Waals surface area contributed by atoms with E-state index < -0.39 is 17.6 Å². The first-order valence-electron chi connectivity index (χ1n) is 7.71. The summed E-state index contributed by atoms with van der Waals surface area (Å²) >= 11 is 1.51. The molecule has 0 spiro atoms. The van der Waals surface area contributed by atoms with Crippen molar-refractivity contribution in [1.82, 2.24) is 4.57 Å². The number of halogens is 3. The molecule has 0 aromatic carbocycles. The van der Waals surface area contributed by atoms with E-state index in [1.165, 1.54) is 29.1 Å². The van der Waals surface area contributed by atoms with Crippen molar-refractivity contribution in [3.63, 3.8) is 0 Å². The number of thiophene rings is 1. The molecule has 7 heteroatoms. The van der Waals surface area contributed by atoms with Crippen LogP contribution in [-0.4, -0.2) is 10.5 Å². The second kappa shape index (κ2) is 7.01. The lowest BCUT2D eigenvalue weighted by atomic mass is 9.97. The summed E-state index contributed by atoms with van der Waals surface area (Å²) in [5, 5.41) is 4.49. The summed E-state index contributed by atoms with van der Waals surface area (Å²) < 4.78 is 40.4. The highest BCUT2D eigenvalue weighted by atomic mass is 32.1. The van der Waals surface area contributed by atoms with Gasteiger partial charge in [0, 0.05) is 24.3 Å². The first kappa shape index (κ1) is 18.6. The minimum absolute atomic E-state index is 0.234. The maximum Gasteiger partial charge on any atom is 0.418 e. The molecular formula is C17H21F3N2OS. The molecule has 1 atom stereocenters. The van der Waals surface area contributed by atoms with Crippen molar-refractivity contribution in [2.24, 2.45) is 13.0 Å². The van der Waals surface area contributed by atoms with Crippen molar-refractivity contribution < 1.29 is 18.0 Å². The molecule has 24 heavy (non-hydrogen) atoms. The van der Waals surface area contributed by atoms with E-state index in [4.69, 9.17) is 0 Å². The molecule has 0 radical (unpaired) electrons. The Morgan fingerprint density at radius 1 is 1.29 bits per heavy atom. The number of amides is 1. The summed E-state index contributed by atoms with van der Waals surface area (Å²) in [5.41, 5.74) is -0.691. The minimum Gasteiger partial charge on any atom is -0.356 e. The molecule has 2 heterocycles. The Morgan fingerprint density at radius 2 is 1.96 bits per heavy atom. The van der Waals surface area contributed by atoms with E-state index in [1.54, 1.807) is 6.07 Å². The zero-order valence-corrected chi connectivity index (χ0v) is 14.9. The highest BCUT2D eigenvalue weighted by molar-refractivity contribution is 7.10. The number of nitrogens with zero attached hydrogens (tertiary/aromatic N) is 1. The summed E-state index contributed by atoms with van der Waals surface area (Å²) in [6.45, 7) is 6.29. The number of hydrogen-bond donors (Lipinski definition) is 1. The number of hydrogen-bond acceptors (Lipinski definition) is 2. The van der Waals surface area contributed by atoms with E-state index in [2.05, 4.69) is 26.1 Å². The topological polar surface area (TPSA) is 34.0 Å². The first-order chi connectivity index (χ1) is 11.1. The standard InChI is InChI=1S/C17H21F3N2OS/c1-10(2)7-11(3)15-14(5-6-24-15)21-16(23)12-8-22(4)9-13(12)17(18,19)20/h5-6,8-11H,7H2,1-4H3,(H,21,23). The van der Waals surface area contributed by atoms with Crippen molar-refractivity contribution in [3.05, 3.63) is 39.8 Å². The van der Waals surface area contributed by atoms with Gasteiger partial charge in [0.2, 0.25) is 0 Å². The van der Waals surface area contributed by atoms with Crippen molar-refractivity contribution in [2.75, 3.05) is 5.32 Å². The van der Waals surface area contributed by atoms with Crippen LogP contribution in [0.1, 0.15) is 53.9 Å². The second-order valence-corrected chi connectivity index (χ2v) is 7.38. The Morgan fingerprint density at radius 3 is 2.54 bits per heavy atom. The number of alkyl halides is 3. The Hall–Kier alpha value is -1.76. The van der Waals surface area contributed by atoms with Crippen LogP contribution in [0.5, 0.6) is 0 Å². The Balaban J connectivity index is 2.25. The fraction of sp³-hybridized carbons (Fsp3) is 0.471. The van der Waals surface area contributed by atoms with Crippen molar-refractivity contribution in [2.45, 2.75) is 39.3 Å². The van der Waals surface area contributed by atoms with Crippen LogP contribution in [0.4, 0.5) is 18.9 Å². The van der Waals surface area contributed by atoms with Gasteiger partial charge in [0.05, 0.1) is 16.8 Å². The van der Waals surface area contributed by atoms with Gasteiger partial charge in [0.25, 0.3) is 5.91 Å². The molecule has 2 aromatic rings. The minimum atomic E-state index is -4.56. The van der Waals surface area contributed by atoms with Gasteiger partial charge in [-0.1, -0.05) is 20.8 Å². The number of nitrogens with one attached hydrogen (secondary N) is 1. The van der Waals surface area contributed by atoms with E-state index in [-0.39, 0.29) is 11.5 Å². The lowest BCUT2D eigenvalue weighted by Gasteiger charge is -2.15. The van der Waals surface area contributed by atoms with Gasteiger partial charge in [-0.2, -0.15) is 13.2 Å². The molecule has 0 fully saturated rings. The van der Waals surface area contributed by atoms with E-state index in [9.17, 15) is 18.0 Å². The second-order valence-electron chi connectivity index (χ2n) is 6.43. The van der Waals surface area contributed by atoms with Crippen LogP contribution >= 0.6 is 11.3 Å². The molecule has 0 bridgehead atoms. The summed E-state index contributed by atoms with van der Waals surface area (Å²) in [5.74, 6) is -0.00547. The number of aryl methyl sites for hydroxylation is 1. The molecule has 2 aromatic heterocycles. The van der Waals surface area contributed by atoms with Crippen LogP contribution < -0.4 is 5.32 Å². The summed E-state index contributed by atoms with van der Waals surface area (Å²) in [6, 6.07) is 1.74. The van der Waals surface area contributed by atoms with E-state index >= 15 is 0 Å². The number of carbonyl (C=O) groups is 1. The van der Waals surface area contributed by atoms with Gasteiger partial charge >= 0.3 is 6.18 Å². The lowest BCUT2D eigenvalue weighted by Crippen LogP contribution is -2.17. The molecule has 1 unspecified atom stereocenters. The highest BCUT2D eigenvalue weighted by Gasteiger charge is 2.36. The first-order valence-corrected chi connectivity index (χ1v) is 8.59. The molecule has 0 aliphatic carbocycles. The third-order valence-corrected chi connectivity index (χ3v) is 4.87. The van der Waals surface area contributed by atoms with Gasteiger partial charge < -0.3 is 9.88 Å². The maximum absolute atomic E-state index is 13.1. The fourth-order valence-corrected chi connectivity index (χ4v) is 3.73. The van der Waals surface area contributed by atoms with Gasteiger partial charge in [0.15, 0.2) is 0 Å². The van der Waals surface area contributed by atoms with Crippen LogP contribution in [0.2, 0.25) is 0 Å². The van der Waals surface area contributed by atoms with Gasteiger partial charge in [-0.25, -0.2) is 0 Å². The molecule has 1 N–H and O–H groups in total. The average molecular weight is 358 g/mol. The van der Waals surface area contributed by atoms with Crippen LogP contribution in [0.15, 0.2) is 23.8 Å². The molecule has 0 aliphatic heterocycles. The van der Waals surface area contributed by atoms with Gasteiger partial charge in [-0.05, 0) is 29.7 Å². The van der Waals surface area contributed by atoms with Crippen LogP contribution in [0.3, 0.4) is 0 Å². The molecule has 0 saturated carbocycles. The summed E-state index contributed by atoms with van der Waals surface area (Å²) in [6.07, 6.45) is -1.49. The van der Waals surface area contributed by atoms with E-state index in [1.807, 2.05) is 5.38 Å². The summed E-state index contributed by atoms with van der Waals surface area (Å²) in [7, 11) is 1.47. The number of rotatable bonds is 5. The lowest BCUT2D eigenvalue weighted by molar-refractivity contribution is -0.137. The van der Waals surface area contributed by atoms with Crippen molar-refractivity contribution in [3.8, 4) is 0 Å². The molecular weight excluding hydrogens is 337 g/mol. The molecule has 0 saturated heterocycles. The van der Waals surface area contributed by atoms with Gasteiger partial charge in [-0.3, -0.25) is 4.79 Å². The quantitative estimate of drug-likeness (QED) is 0.751. The predicted molar refractivity (Wildman–Crippen MR) is 90.6 cm³/mol. The largest absolute Gasteiger partial charge is 0.418 e. The predicted octanol–water partition coefficient (Wildman–Crippen LogP) is 5.51. The number of carbonyl (C=O) groups excluding carboxylic acids is 1. The average Bonchev–Trinajstić information content (AvgIpc) is 3.03. The molecule has 1 amide bonds. The fourth-order valence-electron chi connectivity index (χ4n) is 2.80. The molecule has 0 aliphatic rings. The van der Waals surface area contributed by atoms with E-state index in [0.29, 0.717) is 11.6 Å². The zero-order chi connectivity index (χ0) is 18.1. The van der Waals surface area contributed by atoms with Crippen molar-refractivity contribution in [1.29, 1.82) is 0 Å². The Labute approximate surface area is 143 Å². The zero-order valence-electron chi connectivity index (χ0n) is 14.1. The third-order valence-electron chi connectivity index (χ3n) is 3.72. The molecule has 2 rings (SSSR count). The number of anilines is 1. The normalized spacial score (nSPS) is 13.3. The highest BCUT2D eigenvalue weighted by Crippen LogP contribution is 2.36. The monoisotopic (exact) mass is 358 g/mol. The van der Waals surface area contributed by atoms with Crippen LogP contribution in [0.25, 0.3) is 0 Å². The van der Waals surface area contributed by atoms with Crippen LogP contribution in [-0.2, 0) is 13.2 Å². The van der Waals surface area contributed by atoms with Gasteiger partial charge in [-0.15, -0.1) is 11.3 Å². The smallest absolute Gasteiger partial charge is 0.356 e. The Kier molecular flexibility index (Phi) is 5.42. The van der Waals surface area contributed by atoms with Gasteiger partial charge in [0.1, 0.15) is 0 Å². The van der Waals surface area contributed by atoms with Crippen LogP contribution in [0, 0.1) is 5.92 Å². The molecule has 3 nitrogen and oxygen atoms in total. The molecule has 132 valence electrons. The SMILES string of the molecule is CC(C)CC(C)c1sccc1NC(=O)c1cn(C)cc1C(F)(F)F. The summed E-state index contributed by atoms with van der Waals surface area (Å²) in [4.78, 5) is 13.4. The van der Waals surface area contributed by atoms with Crippen molar-refractivity contribution >= 4 is 22.9 Å². The maximum atomic E-state index is 13.1.